The molecule has 4 rings (SSSR count). The normalized spacial score (nSPS) is 13.6. The van der Waals surface area contributed by atoms with Crippen molar-refractivity contribution < 1.29 is 9.59 Å². The first-order valence-electron chi connectivity index (χ1n) is 11.8. The number of rotatable bonds is 8. The Hall–Kier alpha value is -3.74. The summed E-state index contributed by atoms with van der Waals surface area (Å²) < 4.78 is 0. The second-order valence-electron chi connectivity index (χ2n) is 8.68. The number of aromatic nitrogens is 2. The monoisotopic (exact) mass is 457 g/mol. The van der Waals surface area contributed by atoms with Crippen molar-refractivity contribution in [3.63, 3.8) is 0 Å². The molecular formula is C27H31N5O2. The highest BCUT2D eigenvalue weighted by atomic mass is 16.2. The first-order valence-corrected chi connectivity index (χ1v) is 11.8. The minimum Gasteiger partial charge on any atom is -0.339 e. The quantitative estimate of drug-likeness (QED) is 0.559. The molecule has 3 aromatic rings. The van der Waals surface area contributed by atoms with Crippen molar-refractivity contribution in [3.05, 3.63) is 83.7 Å². The molecule has 1 aromatic heterocycles. The molecule has 7 heteroatoms. The van der Waals surface area contributed by atoms with Crippen LogP contribution in [0.4, 0.5) is 11.6 Å². The Labute approximate surface area is 200 Å². The summed E-state index contributed by atoms with van der Waals surface area (Å²) in [5.41, 5.74) is 4.19. The summed E-state index contributed by atoms with van der Waals surface area (Å²) in [5.74, 6) is 0.833. The maximum Gasteiger partial charge on any atom is 0.227 e. The molecule has 1 aliphatic heterocycles. The van der Waals surface area contributed by atoms with Gasteiger partial charge in [0.25, 0.3) is 0 Å². The molecule has 1 aliphatic rings. The smallest absolute Gasteiger partial charge is 0.227 e. The molecule has 0 aliphatic carbocycles. The Morgan fingerprint density at radius 3 is 2.21 bits per heavy atom. The molecule has 0 radical (unpaired) electrons. The number of anilines is 2. The topological polar surface area (TPSA) is 78.4 Å². The van der Waals surface area contributed by atoms with Crippen LogP contribution in [-0.2, 0) is 22.4 Å². The van der Waals surface area contributed by atoms with Gasteiger partial charge in [-0.3, -0.25) is 9.59 Å². The van der Waals surface area contributed by atoms with Crippen LogP contribution in [0, 0.1) is 6.92 Å². The van der Waals surface area contributed by atoms with E-state index in [-0.39, 0.29) is 11.8 Å². The number of benzene rings is 2. The van der Waals surface area contributed by atoms with Crippen molar-refractivity contribution in [1.29, 1.82) is 0 Å². The van der Waals surface area contributed by atoms with Crippen molar-refractivity contribution >= 4 is 23.5 Å². The second-order valence-corrected chi connectivity index (χ2v) is 8.68. The van der Waals surface area contributed by atoms with Gasteiger partial charge >= 0.3 is 0 Å². The molecule has 2 aromatic carbocycles. The zero-order valence-electron chi connectivity index (χ0n) is 19.6. The lowest BCUT2D eigenvalue weighted by atomic mass is 10.1. The van der Waals surface area contributed by atoms with Crippen LogP contribution in [0.5, 0.6) is 0 Å². The Morgan fingerprint density at radius 2 is 1.53 bits per heavy atom. The molecular weight excluding hydrogens is 426 g/mol. The number of nitrogens with zero attached hydrogens (tertiary/aromatic N) is 4. The number of amides is 2. The minimum absolute atomic E-state index is 0.0104. The maximum absolute atomic E-state index is 12.7. The predicted octanol–water partition coefficient (Wildman–Crippen LogP) is 3.64. The van der Waals surface area contributed by atoms with E-state index in [1.807, 2.05) is 29.2 Å². The van der Waals surface area contributed by atoms with E-state index in [0.717, 1.165) is 37.2 Å². The van der Waals surface area contributed by atoms with Gasteiger partial charge in [-0.25, -0.2) is 9.97 Å². The van der Waals surface area contributed by atoms with Gasteiger partial charge in [-0.1, -0.05) is 42.0 Å². The highest BCUT2D eigenvalue weighted by Gasteiger charge is 2.22. The third-order valence-electron chi connectivity index (χ3n) is 6.05. The number of hydrogen-bond donors (Lipinski definition) is 1. The Morgan fingerprint density at radius 1 is 0.882 bits per heavy atom. The summed E-state index contributed by atoms with van der Waals surface area (Å²) >= 11 is 0. The van der Waals surface area contributed by atoms with Crippen LogP contribution in [0.2, 0.25) is 0 Å². The molecule has 1 saturated heterocycles. The van der Waals surface area contributed by atoms with Crippen molar-refractivity contribution in [2.75, 3.05) is 36.4 Å². The lowest BCUT2D eigenvalue weighted by molar-refractivity contribution is -0.130. The van der Waals surface area contributed by atoms with E-state index < -0.39 is 0 Å². The Balaban J connectivity index is 1.18. The SMILES string of the molecule is Cc1ccc(CCCC(=O)Nc2ccc(CC(=O)N3CCN(c4ncccn4)CC3)cc2)cc1. The molecule has 2 amide bonds. The van der Waals surface area contributed by atoms with Gasteiger partial charge in [-0.05, 0) is 49.1 Å². The van der Waals surface area contributed by atoms with Gasteiger partial charge in [-0.2, -0.15) is 0 Å². The van der Waals surface area contributed by atoms with Crippen LogP contribution in [-0.4, -0.2) is 52.9 Å². The van der Waals surface area contributed by atoms with Crippen LogP contribution >= 0.6 is 0 Å². The largest absolute Gasteiger partial charge is 0.339 e. The second kappa shape index (κ2) is 11.4. The van der Waals surface area contributed by atoms with Gasteiger partial charge in [0.05, 0.1) is 6.42 Å². The summed E-state index contributed by atoms with van der Waals surface area (Å²) in [6.45, 7) is 4.85. The number of aryl methyl sites for hydroxylation is 2. The van der Waals surface area contributed by atoms with Crippen LogP contribution in [0.1, 0.15) is 29.5 Å². The van der Waals surface area contributed by atoms with E-state index >= 15 is 0 Å². The van der Waals surface area contributed by atoms with Gasteiger partial charge in [-0.15, -0.1) is 0 Å². The fraction of sp³-hybridized carbons (Fsp3) is 0.333. The highest BCUT2D eigenvalue weighted by Crippen LogP contribution is 2.15. The molecule has 34 heavy (non-hydrogen) atoms. The van der Waals surface area contributed by atoms with E-state index in [2.05, 4.69) is 51.4 Å². The first-order chi connectivity index (χ1) is 16.6. The molecule has 0 atom stereocenters. The van der Waals surface area contributed by atoms with Crippen molar-refractivity contribution in [2.24, 2.45) is 0 Å². The summed E-state index contributed by atoms with van der Waals surface area (Å²) in [5, 5.41) is 2.95. The predicted molar refractivity (Wildman–Crippen MR) is 134 cm³/mol. The number of hydrogen-bond acceptors (Lipinski definition) is 5. The van der Waals surface area contributed by atoms with Gasteiger partial charge in [0, 0.05) is 50.7 Å². The van der Waals surface area contributed by atoms with Crippen LogP contribution in [0.3, 0.4) is 0 Å². The molecule has 176 valence electrons. The zero-order valence-corrected chi connectivity index (χ0v) is 19.6. The van der Waals surface area contributed by atoms with E-state index in [0.29, 0.717) is 31.9 Å². The highest BCUT2D eigenvalue weighted by molar-refractivity contribution is 5.90. The summed E-state index contributed by atoms with van der Waals surface area (Å²) in [4.78, 5) is 37.6. The summed E-state index contributed by atoms with van der Waals surface area (Å²) in [7, 11) is 0. The van der Waals surface area contributed by atoms with E-state index in [1.54, 1.807) is 18.5 Å². The van der Waals surface area contributed by atoms with Gasteiger partial charge in [0.1, 0.15) is 0 Å². The van der Waals surface area contributed by atoms with Crippen molar-refractivity contribution in [1.82, 2.24) is 14.9 Å². The maximum atomic E-state index is 12.7. The molecule has 0 spiro atoms. The molecule has 0 unspecified atom stereocenters. The fourth-order valence-corrected chi connectivity index (χ4v) is 4.03. The third kappa shape index (κ3) is 6.63. The van der Waals surface area contributed by atoms with Crippen LogP contribution < -0.4 is 10.2 Å². The zero-order chi connectivity index (χ0) is 23.8. The molecule has 2 heterocycles. The number of piperazine rings is 1. The van der Waals surface area contributed by atoms with Crippen molar-refractivity contribution in [3.8, 4) is 0 Å². The Bertz CT molecular complexity index is 1080. The molecule has 1 N–H and O–H groups in total. The average molecular weight is 458 g/mol. The number of nitrogens with one attached hydrogen (secondary N) is 1. The number of carbonyl (C=O) groups is 2. The van der Waals surface area contributed by atoms with Crippen LogP contribution in [0.15, 0.2) is 67.0 Å². The van der Waals surface area contributed by atoms with Crippen LogP contribution in [0.25, 0.3) is 0 Å². The molecule has 0 saturated carbocycles. The average Bonchev–Trinajstić information content (AvgIpc) is 2.87. The standard InChI is InChI=1S/C27H31N5O2/c1-21-6-8-22(9-7-21)4-2-5-25(33)30-24-12-10-23(11-13-24)20-26(34)31-16-18-32(19-17-31)27-28-14-3-15-29-27/h3,6-15H,2,4-5,16-20H2,1H3,(H,30,33). The number of carbonyl (C=O) groups excluding carboxylic acids is 2. The molecule has 0 bridgehead atoms. The Kier molecular flexibility index (Phi) is 7.86. The van der Waals surface area contributed by atoms with Crippen molar-refractivity contribution in [2.45, 2.75) is 32.6 Å². The molecule has 1 fully saturated rings. The summed E-state index contributed by atoms with van der Waals surface area (Å²) in [6, 6.07) is 17.8. The van der Waals surface area contributed by atoms with Gasteiger partial charge in [0.2, 0.25) is 17.8 Å². The minimum atomic E-state index is 0.0104. The third-order valence-corrected chi connectivity index (χ3v) is 6.05. The summed E-state index contributed by atoms with van der Waals surface area (Å²) in [6.07, 6.45) is 6.00. The van der Waals surface area contributed by atoms with Gasteiger partial charge < -0.3 is 15.1 Å². The lowest BCUT2D eigenvalue weighted by Gasteiger charge is -2.34. The van der Waals surface area contributed by atoms with E-state index in [9.17, 15) is 9.59 Å². The molecule has 7 nitrogen and oxygen atoms in total. The first kappa shape index (κ1) is 23.4. The lowest BCUT2D eigenvalue weighted by Crippen LogP contribution is -2.49. The van der Waals surface area contributed by atoms with E-state index in [4.69, 9.17) is 0 Å². The van der Waals surface area contributed by atoms with Gasteiger partial charge in [0.15, 0.2) is 0 Å². The fourth-order valence-electron chi connectivity index (χ4n) is 4.03. The van der Waals surface area contributed by atoms with E-state index in [1.165, 1.54) is 11.1 Å².